The Morgan fingerprint density at radius 2 is 1.68 bits per heavy atom. The van der Waals surface area contributed by atoms with E-state index in [4.69, 9.17) is 10.5 Å². The number of nitrogen functional groups attached to an aromatic ring is 1. The van der Waals surface area contributed by atoms with Crippen molar-refractivity contribution < 1.29 is 26.7 Å². The lowest BCUT2D eigenvalue weighted by Crippen LogP contribution is -2.38. The first-order valence-corrected chi connectivity index (χ1v) is 8.12. The first-order valence-electron chi connectivity index (χ1n) is 8.12. The average molecular weight is 394 g/mol. The molecule has 0 atom stereocenters. The number of halogens is 5. The van der Waals surface area contributed by atoms with E-state index in [1.54, 1.807) is 43.3 Å². The maximum Gasteiger partial charge on any atom is 0.453 e. The summed E-state index contributed by atoms with van der Waals surface area (Å²) in [5.74, 6) is -4.70. The van der Waals surface area contributed by atoms with Crippen molar-refractivity contribution in [2.24, 2.45) is 0 Å². The van der Waals surface area contributed by atoms with Crippen LogP contribution in [0.25, 0.3) is 0 Å². The van der Waals surface area contributed by atoms with Crippen LogP contribution in [0.15, 0.2) is 36.4 Å². The van der Waals surface area contributed by atoms with E-state index in [0.29, 0.717) is 5.56 Å². The van der Waals surface area contributed by atoms with Crippen molar-refractivity contribution in [1.29, 1.82) is 5.26 Å². The van der Waals surface area contributed by atoms with Crippen LogP contribution in [0.1, 0.15) is 16.7 Å². The van der Waals surface area contributed by atoms with E-state index >= 15 is 0 Å². The SMILES string of the molecule is CN(C)Cc1cc(C#N)c(CC([18F])([18F])C([18F])([18F])[18F])cc1Oc1ccccc1N. The number of nitrogens with two attached hydrogens (primary N) is 1. The number of alkyl halides is 5. The number of nitriles is 1. The Labute approximate surface area is 158 Å². The first kappa shape index (κ1) is 21.4. The number of para-hydroxylation sites is 2. The van der Waals surface area contributed by atoms with Gasteiger partial charge in [0.15, 0.2) is 0 Å². The normalized spacial score (nSPS) is 12.1. The summed E-state index contributed by atoms with van der Waals surface area (Å²) in [6.45, 7) is 0.271. The van der Waals surface area contributed by atoms with E-state index < -0.39 is 24.1 Å². The van der Waals surface area contributed by atoms with Gasteiger partial charge in [-0.05, 0) is 43.9 Å². The molecule has 150 valence electrons. The van der Waals surface area contributed by atoms with Crippen molar-refractivity contribution in [3.05, 3.63) is 53.1 Å². The summed E-state index contributed by atoms with van der Waals surface area (Å²) in [4.78, 5) is 1.74. The van der Waals surface area contributed by atoms with Crippen LogP contribution in [0.4, 0.5) is 27.6 Å². The molecule has 0 amide bonds. The molecule has 0 aliphatic heterocycles. The molecule has 0 aromatic heterocycles. The maximum atomic E-state index is 13.6. The summed E-state index contributed by atoms with van der Waals surface area (Å²) in [6.07, 6.45) is -7.39. The molecule has 2 rings (SSSR count). The van der Waals surface area contributed by atoms with E-state index in [1.165, 1.54) is 12.1 Å². The van der Waals surface area contributed by atoms with Gasteiger partial charge in [0.2, 0.25) is 0 Å². The van der Waals surface area contributed by atoms with Gasteiger partial charge in [-0.1, -0.05) is 12.1 Å². The summed E-state index contributed by atoms with van der Waals surface area (Å²) >= 11 is 0. The molecule has 0 aliphatic rings. The van der Waals surface area contributed by atoms with Gasteiger partial charge in [-0.15, -0.1) is 0 Å². The van der Waals surface area contributed by atoms with E-state index in [9.17, 15) is 27.2 Å². The topological polar surface area (TPSA) is 62.3 Å². The number of hydrogen-bond donors (Lipinski definition) is 1. The van der Waals surface area contributed by atoms with Crippen molar-refractivity contribution in [3.8, 4) is 17.6 Å². The Morgan fingerprint density at radius 1 is 1.04 bits per heavy atom. The minimum atomic E-state index is -5.73. The van der Waals surface area contributed by atoms with Crippen molar-refractivity contribution in [2.45, 2.75) is 25.1 Å². The van der Waals surface area contributed by atoms with E-state index in [-0.39, 0.29) is 29.3 Å². The minimum absolute atomic E-state index is 0.0542. The molecule has 0 bridgehead atoms. The number of rotatable bonds is 6. The minimum Gasteiger partial charge on any atom is -0.455 e. The Kier molecular flexibility index (Phi) is 6.14. The molecule has 0 saturated heterocycles. The summed E-state index contributed by atoms with van der Waals surface area (Å²) in [5.41, 5.74) is 5.80. The van der Waals surface area contributed by atoms with Gasteiger partial charge >= 0.3 is 12.1 Å². The molecule has 0 unspecified atom stereocenters. The zero-order chi connectivity index (χ0) is 21.1. The van der Waals surface area contributed by atoms with E-state index in [0.717, 1.165) is 6.07 Å². The second-order valence-corrected chi connectivity index (χ2v) is 6.49. The lowest BCUT2D eigenvalue weighted by Gasteiger charge is -2.22. The van der Waals surface area contributed by atoms with Gasteiger partial charge in [-0.3, -0.25) is 0 Å². The van der Waals surface area contributed by atoms with Gasteiger partial charge < -0.3 is 15.4 Å². The average Bonchev–Trinajstić information content (AvgIpc) is 2.57. The van der Waals surface area contributed by atoms with Gasteiger partial charge in [0.05, 0.1) is 17.3 Å². The highest BCUT2D eigenvalue weighted by Crippen LogP contribution is 2.40. The monoisotopic (exact) mass is 394 g/mol. The second-order valence-electron chi connectivity index (χ2n) is 6.49. The molecular weight excluding hydrogens is 376 g/mol. The van der Waals surface area contributed by atoms with Crippen LogP contribution in [0.2, 0.25) is 0 Å². The molecule has 2 N–H and O–H groups in total. The van der Waals surface area contributed by atoms with Crippen molar-refractivity contribution >= 4 is 5.69 Å². The molecule has 9 heteroatoms. The molecular formula is C19H18F5N3O. The molecule has 0 fully saturated rings. The molecule has 4 nitrogen and oxygen atoms in total. The van der Waals surface area contributed by atoms with Crippen LogP contribution in [-0.2, 0) is 13.0 Å². The number of hydrogen-bond acceptors (Lipinski definition) is 4. The predicted molar refractivity (Wildman–Crippen MR) is 94.2 cm³/mol. The fourth-order valence-electron chi connectivity index (χ4n) is 2.51. The van der Waals surface area contributed by atoms with Gasteiger partial charge in [-0.2, -0.15) is 27.2 Å². The Morgan fingerprint density at radius 3 is 2.21 bits per heavy atom. The van der Waals surface area contributed by atoms with Crippen LogP contribution in [-0.4, -0.2) is 31.1 Å². The Balaban J connectivity index is 2.55. The van der Waals surface area contributed by atoms with Crippen molar-refractivity contribution in [1.82, 2.24) is 4.90 Å². The largest absolute Gasteiger partial charge is 0.455 e. The molecule has 2 aromatic carbocycles. The summed E-state index contributed by atoms with van der Waals surface area (Å²) in [5, 5.41) is 9.25. The first-order chi connectivity index (χ1) is 12.9. The fourth-order valence-corrected chi connectivity index (χ4v) is 2.51. The van der Waals surface area contributed by atoms with E-state index in [2.05, 4.69) is 0 Å². The quantitative estimate of drug-likeness (QED) is 0.568. The zero-order valence-electron chi connectivity index (χ0n) is 15.1. The fraction of sp³-hybridized carbons (Fsp3) is 0.316. The highest BCUT2D eigenvalue weighted by atomic mass is 18.5. The summed E-state index contributed by atoms with van der Waals surface area (Å²) < 4.78 is 70.7. The third kappa shape index (κ3) is 4.89. The van der Waals surface area contributed by atoms with Crippen LogP contribution >= 0.6 is 0 Å². The van der Waals surface area contributed by atoms with Crippen molar-refractivity contribution in [3.63, 3.8) is 0 Å². The summed E-state index contributed by atoms with van der Waals surface area (Å²) in [7, 11) is 3.47. The van der Waals surface area contributed by atoms with Crippen LogP contribution in [0.3, 0.4) is 0 Å². The number of anilines is 1. The lowest BCUT2D eigenvalue weighted by molar-refractivity contribution is -0.281. The number of benzene rings is 2. The maximum absolute atomic E-state index is 13.6. The van der Waals surface area contributed by atoms with Crippen LogP contribution in [0.5, 0.6) is 11.5 Å². The highest BCUT2D eigenvalue weighted by Gasteiger charge is 2.57. The Hall–Kier alpha value is -2.86. The summed E-state index contributed by atoms with van der Waals surface area (Å²) in [6, 6.07) is 10.4. The molecule has 0 radical (unpaired) electrons. The molecule has 2 aromatic rings. The Bertz CT molecular complexity index is 888. The smallest absolute Gasteiger partial charge is 0.453 e. The molecule has 0 saturated carbocycles. The molecule has 28 heavy (non-hydrogen) atoms. The molecule has 0 heterocycles. The van der Waals surface area contributed by atoms with Crippen molar-refractivity contribution in [2.75, 3.05) is 19.8 Å². The van der Waals surface area contributed by atoms with Gasteiger partial charge in [0, 0.05) is 18.5 Å². The van der Waals surface area contributed by atoms with E-state index in [1.807, 2.05) is 0 Å². The lowest BCUT2D eigenvalue weighted by atomic mass is 9.97. The molecule has 0 spiro atoms. The highest BCUT2D eigenvalue weighted by molar-refractivity contribution is 5.56. The number of nitrogens with zero attached hydrogens (tertiary/aromatic N) is 2. The zero-order valence-corrected chi connectivity index (χ0v) is 15.1. The second kappa shape index (κ2) is 8.02. The van der Waals surface area contributed by atoms with Crippen LogP contribution in [0, 0.1) is 11.3 Å². The van der Waals surface area contributed by atoms with Gasteiger partial charge in [0.25, 0.3) is 0 Å². The predicted octanol–water partition coefficient (Wildman–Crippen LogP) is 4.73. The third-order valence-corrected chi connectivity index (χ3v) is 3.86. The molecule has 0 aliphatic carbocycles. The van der Waals surface area contributed by atoms with Gasteiger partial charge in [0.1, 0.15) is 11.5 Å². The van der Waals surface area contributed by atoms with Crippen LogP contribution < -0.4 is 10.5 Å². The number of ether oxygens (including phenoxy) is 1. The standard InChI is InChI=1S/C19H18F5N3O/c1-27(2)11-14-7-13(10-25)12(9-18(20,21)19(22,23)24)8-17(14)28-16-6-4-3-5-15(16)26/h3-8H,9,11,26H2,1-2H3/i20-1,21-1,22-1,23-1,24-1. The third-order valence-electron chi connectivity index (χ3n) is 3.86. The van der Waals surface area contributed by atoms with Gasteiger partial charge in [-0.25, -0.2) is 0 Å².